The van der Waals surface area contributed by atoms with Crippen LogP contribution in [-0.2, 0) is 16.0 Å². The van der Waals surface area contributed by atoms with Crippen LogP contribution < -0.4 is 15.1 Å². The monoisotopic (exact) mass is 697 g/mol. The lowest BCUT2D eigenvalue weighted by molar-refractivity contribution is -0.118. The number of halogens is 2. The average molecular weight is 698 g/mol. The number of rotatable bonds is 11. The smallest absolute Gasteiger partial charge is 0.239 e. The Morgan fingerprint density at radius 3 is 2.74 bits per heavy atom. The van der Waals surface area contributed by atoms with Gasteiger partial charge in [-0.25, -0.2) is 4.98 Å². The molecule has 2 N–H and O–H groups in total. The summed E-state index contributed by atoms with van der Waals surface area (Å²) < 4.78 is 11.7. The number of aryl methyl sites for hydroxylation is 1. The van der Waals surface area contributed by atoms with Crippen LogP contribution >= 0.6 is 48.9 Å². The second-order valence-electron chi connectivity index (χ2n) is 8.98. The van der Waals surface area contributed by atoms with Gasteiger partial charge in [-0.15, -0.1) is 8.86 Å². The zero-order chi connectivity index (χ0) is 27.8. The number of anilines is 2. The van der Waals surface area contributed by atoms with E-state index in [-0.39, 0.29) is 12.0 Å². The van der Waals surface area contributed by atoms with E-state index in [1.807, 2.05) is 37.4 Å². The van der Waals surface area contributed by atoms with E-state index in [4.69, 9.17) is 21.1 Å². The fourth-order valence-electron chi connectivity index (χ4n) is 4.36. The number of morpholine rings is 1. The molecule has 1 fully saturated rings. The van der Waals surface area contributed by atoms with Gasteiger partial charge in [-0.2, -0.15) is 0 Å². The van der Waals surface area contributed by atoms with Crippen molar-refractivity contribution in [3.63, 3.8) is 0 Å². The fourth-order valence-corrected chi connectivity index (χ4v) is 6.24. The topological polar surface area (TPSA) is 88.6 Å². The van der Waals surface area contributed by atoms with Crippen LogP contribution in [0.25, 0.3) is 0 Å². The normalized spacial score (nSPS) is 14.8. The summed E-state index contributed by atoms with van der Waals surface area (Å²) in [6.07, 6.45) is 6.28. The van der Waals surface area contributed by atoms with E-state index in [9.17, 15) is 4.79 Å². The summed E-state index contributed by atoms with van der Waals surface area (Å²) in [7, 11) is 3.85. The molecule has 3 aromatic rings. The predicted molar refractivity (Wildman–Crippen MR) is 172 cm³/mol. The van der Waals surface area contributed by atoms with Crippen molar-refractivity contribution in [2.24, 2.45) is 0 Å². The maximum Gasteiger partial charge on any atom is 0.239 e. The summed E-state index contributed by atoms with van der Waals surface area (Å²) in [5.74, 6) is 1.13. The first-order chi connectivity index (χ1) is 18.9. The van der Waals surface area contributed by atoms with Crippen molar-refractivity contribution in [3.8, 4) is 5.75 Å². The van der Waals surface area contributed by atoms with Crippen LogP contribution in [0.2, 0.25) is 5.02 Å². The van der Waals surface area contributed by atoms with E-state index in [1.165, 1.54) is 0 Å². The van der Waals surface area contributed by atoms with Crippen LogP contribution in [0.3, 0.4) is 0 Å². The third kappa shape index (κ3) is 8.09. The van der Waals surface area contributed by atoms with E-state index in [0.29, 0.717) is 42.7 Å². The molecule has 0 radical (unpaired) electrons. The third-order valence-corrected chi connectivity index (χ3v) is 8.39. The lowest BCUT2D eigenvalue weighted by Gasteiger charge is -2.25. The van der Waals surface area contributed by atoms with Gasteiger partial charge in [0.15, 0.2) is 0 Å². The van der Waals surface area contributed by atoms with Crippen LogP contribution in [-0.4, -0.2) is 58.9 Å². The van der Waals surface area contributed by atoms with Crippen LogP contribution in [0.1, 0.15) is 42.2 Å². The van der Waals surface area contributed by atoms with Crippen LogP contribution in [0.4, 0.5) is 11.5 Å². The standard InChI is InChI=1S/C27H31ClIN5O3P2/c1-3-18-13-30-15-22(28)26(18)17(2)37-20-5-6-23(33-39-29)21(12-20)27(38)19-4-7-24(31-14-19)32-25(35)16-34-8-10-36-11-9-34/h4-7,12-15,17,33,38-39H,3,8-11,16H2,1-2H3,(H,31,32,35). The van der Waals surface area contributed by atoms with Crippen molar-refractivity contribution in [2.45, 2.75) is 26.4 Å². The second kappa shape index (κ2) is 14.7. The number of hydrogen-bond donors (Lipinski definition) is 2. The molecule has 1 amide bonds. The number of aromatic nitrogens is 2. The van der Waals surface area contributed by atoms with Gasteiger partial charge in [0.05, 0.1) is 24.8 Å². The van der Waals surface area contributed by atoms with E-state index in [2.05, 4.69) is 63.1 Å². The molecule has 12 heteroatoms. The molecule has 0 bridgehead atoms. The van der Waals surface area contributed by atoms with Gasteiger partial charge in [-0.05, 0) is 71.3 Å². The number of carbonyl (C=O) groups excluding carboxylic acids is 1. The molecule has 0 aliphatic carbocycles. The average Bonchev–Trinajstić information content (AvgIpc) is 2.94. The Morgan fingerprint density at radius 1 is 1.26 bits per heavy atom. The summed E-state index contributed by atoms with van der Waals surface area (Å²) in [5, 5.41) is 7.76. The Labute approximate surface area is 251 Å². The largest absolute Gasteiger partial charge is 0.486 e. The van der Waals surface area contributed by atoms with Crippen molar-refractivity contribution in [2.75, 3.05) is 43.3 Å². The van der Waals surface area contributed by atoms with Gasteiger partial charge in [-0.1, -0.05) is 18.5 Å². The Morgan fingerprint density at radius 2 is 2.05 bits per heavy atom. The summed E-state index contributed by atoms with van der Waals surface area (Å²) >= 11 is 8.79. The first-order valence-electron chi connectivity index (χ1n) is 12.6. The molecule has 8 nitrogen and oxygen atoms in total. The molecule has 0 spiro atoms. The highest BCUT2D eigenvalue weighted by molar-refractivity contribution is 14.2. The Balaban J connectivity index is 1.49. The first kappa shape index (κ1) is 30.1. The highest BCUT2D eigenvalue weighted by atomic mass is 127. The van der Waals surface area contributed by atoms with Crippen molar-refractivity contribution >= 4 is 71.6 Å². The zero-order valence-electron chi connectivity index (χ0n) is 21.8. The molecule has 3 heterocycles. The maximum atomic E-state index is 12.4. The zero-order valence-corrected chi connectivity index (χ0v) is 26.7. The molecule has 1 aliphatic rings. The molecular weight excluding hydrogens is 667 g/mol. The summed E-state index contributed by atoms with van der Waals surface area (Å²) in [6.45, 7) is 7.21. The minimum absolute atomic E-state index is 0.0891. The molecular formula is C27H31ClIN5O3P2. The van der Waals surface area contributed by atoms with Gasteiger partial charge in [-0.3, -0.25) is 14.7 Å². The van der Waals surface area contributed by atoms with Crippen molar-refractivity contribution in [1.82, 2.24) is 14.9 Å². The minimum atomic E-state index is -0.256. The van der Waals surface area contributed by atoms with Gasteiger partial charge in [0.25, 0.3) is 0 Å². The van der Waals surface area contributed by atoms with E-state index >= 15 is 0 Å². The van der Waals surface area contributed by atoms with Crippen LogP contribution in [0.15, 0.2) is 48.9 Å². The number of nitrogens with zero attached hydrogens (tertiary/aromatic N) is 3. The number of benzene rings is 1. The van der Waals surface area contributed by atoms with Gasteiger partial charge < -0.3 is 19.9 Å². The van der Waals surface area contributed by atoms with E-state index in [1.54, 1.807) is 18.5 Å². The summed E-state index contributed by atoms with van der Waals surface area (Å²) in [5.41, 5.74) is 4.78. The van der Waals surface area contributed by atoms with Gasteiger partial charge >= 0.3 is 0 Å². The Bertz CT molecular complexity index is 1310. The fraction of sp³-hybridized carbons (Fsp3) is 0.333. The molecule has 2 aromatic heterocycles. The Kier molecular flexibility index (Phi) is 11.3. The molecule has 206 valence electrons. The maximum absolute atomic E-state index is 12.4. The third-order valence-electron chi connectivity index (χ3n) is 6.35. The number of amides is 1. The quantitative estimate of drug-likeness (QED) is 0.183. The summed E-state index contributed by atoms with van der Waals surface area (Å²) in [4.78, 5) is 23.2. The minimum Gasteiger partial charge on any atom is -0.486 e. The van der Waals surface area contributed by atoms with Crippen molar-refractivity contribution in [3.05, 3.63) is 76.2 Å². The molecule has 4 rings (SSSR count). The highest BCUT2D eigenvalue weighted by Gasteiger charge is 2.18. The SMILES string of the molecule is CCc1cncc(Cl)c1C(C)Oc1ccc(NPI)c(C(=P)c2ccc(NC(=O)CN3CCOCC3)nc2)c1. The lowest BCUT2D eigenvalue weighted by atomic mass is 10.0. The van der Waals surface area contributed by atoms with Crippen LogP contribution in [0.5, 0.6) is 5.75 Å². The second-order valence-corrected chi connectivity index (χ2v) is 11.9. The number of pyridine rings is 2. The van der Waals surface area contributed by atoms with E-state index in [0.717, 1.165) is 52.7 Å². The lowest BCUT2D eigenvalue weighted by Crippen LogP contribution is -2.41. The predicted octanol–water partition coefficient (Wildman–Crippen LogP) is 6.17. The van der Waals surface area contributed by atoms with Gasteiger partial charge in [0.2, 0.25) is 5.91 Å². The molecule has 1 aromatic carbocycles. The van der Waals surface area contributed by atoms with E-state index < -0.39 is 0 Å². The summed E-state index contributed by atoms with van der Waals surface area (Å²) in [6, 6.07) is 9.68. The molecule has 1 aliphatic heterocycles. The van der Waals surface area contributed by atoms with Crippen molar-refractivity contribution < 1.29 is 14.3 Å². The highest BCUT2D eigenvalue weighted by Crippen LogP contribution is 2.35. The van der Waals surface area contributed by atoms with Crippen LogP contribution in [0, 0.1) is 0 Å². The van der Waals surface area contributed by atoms with Gasteiger partial charge in [0.1, 0.15) is 17.7 Å². The Hall–Kier alpha value is -1.87. The van der Waals surface area contributed by atoms with Gasteiger partial charge in [0, 0.05) is 65.7 Å². The molecule has 2 atom stereocenters. The molecule has 0 saturated carbocycles. The first-order valence-corrected chi connectivity index (χ1v) is 17.6. The molecule has 1 saturated heterocycles. The number of hydrogen-bond acceptors (Lipinski definition) is 7. The number of carbonyl (C=O) groups is 1. The molecule has 39 heavy (non-hydrogen) atoms. The van der Waals surface area contributed by atoms with Crippen molar-refractivity contribution in [1.29, 1.82) is 0 Å². The molecule has 2 unspecified atom stereocenters. The number of nitrogens with one attached hydrogen (secondary N) is 2. The number of ether oxygens (including phenoxy) is 2.